The molecule has 5 heteroatoms. The lowest BCUT2D eigenvalue weighted by molar-refractivity contribution is 0.580. The van der Waals surface area contributed by atoms with Crippen LogP contribution in [0.5, 0.6) is 0 Å². The van der Waals surface area contributed by atoms with Crippen molar-refractivity contribution in [3.63, 3.8) is 0 Å². The van der Waals surface area contributed by atoms with Gasteiger partial charge in [-0.1, -0.05) is 31.5 Å². The number of nitrogens with one attached hydrogen (secondary N) is 1. The van der Waals surface area contributed by atoms with Crippen molar-refractivity contribution in [2.45, 2.75) is 33.4 Å². The maximum atomic E-state index is 6.00. The first-order valence-electron chi connectivity index (χ1n) is 5.97. The topological polar surface area (TPSA) is 42.7 Å². The SMILES string of the molecule is Cc1nn(-c2cccc(CNC(C)C)n2)cc1Cl. The van der Waals surface area contributed by atoms with E-state index in [9.17, 15) is 0 Å². The van der Waals surface area contributed by atoms with Crippen molar-refractivity contribution in [2.75, 3.05) is 0 Å². The van der Waals surface area contributed by atoms with Gasteiger partial charge in [-0.15, -0.1) is 0 Å². The minimum atomic E-state index is 0.442. The summed E-state index contributed by atoms with van der Waals surface area (Å²) >= 11 is 6.00. The zero-order valence-corrected chi connectivity index (χ0v) is 11.6. The number of nitrogens with zero attached hydrogens (tertiary/aromatic N) is 3. The van der Waals surface area contributed by atoms with Crippen LogP contribution in [0.4, 0.5) is 0 Å². The van der Waals surface area contributed by atoms with Crippen molar-refractivity contribution in [2.24, 2.45) is 0 Å². The van der Waals surface area contributed by atoms with Gasteiger partial charge in [-0.25, -0.2) is 9.67 Å². The summed E-state index contributed by atoms with van der Waals surface area (Å²) in [4.78, 5) is 4.55. The van der Waals surface area contributed by atoms with Gasteiger partial charge >= 0.3 is 0 Å². The van der Waals surface area contributed by atoms with E-state index in [1.54, 1.807) is 10.9 Å². The molecule has 2 aromatic heterocycles. The molecule has 0 saturated heterocycles. The van der Waals surface area contributed by atoms with Crippen LogP contribution < -0.4 is 5.32 Å². The smallest absolute Gasteiger partial charge is 0.153 e. The maximum absolute atomic E-state index is 6.00. The summed E-state index contributed by atoms with van der Waals surface area (Å²) in [7, 11) is 0. The first kappa shape index (κ1) is 13.1. The van der Waals surface area contributed by atoms with Crippen LogP contribution in [0.3, 0.4) is 0 Å². The average molecular weight is 265 g/mol. The van der Waals surface area contributed by atoms with Crippen LogP contribution >= 0.6 is 11.6 Å². The van der Waals surface area contributed by atoms with Crippen LogP contribution in [-0.4, -0.2) is 20.8 Å². The molecule has 0 aliphatic carbocycles. The summed E-state index contributed by atoms with van der Waals surface area (Å²) in [6, 6.07) is 6.33. The highest BCUT2D eigenvalue weighted by atomic mass is 35.5. The van der Waals surface area contributed by atoms with Gasteiger partial charge in [0.05, 0.1) is 22.6 Å². The molecule has 18 heavy (non-hydrogen) atoms. The molecule has 4 nitrogen and oxygen atoms in total. The number of rotatable bonds is 4. The molecule has 0 unspecified atom stereocenters. The van der Waals surface area contributed by atoms with E-state index in [0.717, 1.165) is 23.8 Å². The Morgan fingerprint density at radius 2 is 2.17 bits per heavy atom. The highest BCUT2D eigenvalue weighted by Crippen LogP contribution is 2.15. The van der Waals surface area contributed by atoms with Crippen LogP contribution in [0.2, 0.25) is 5.02 Å². The van der Waals surface area contributed by atoms with Gasteiger partial charge in [-0.2, -0.15) is 5.10 Å². The third-order valence-corrected chi connectivity index (χ3v) is 2.93. The van der Waals surface area contributed by atoms with E-state index in [1.165, 1.54) is 0 Å². The second-order valence-corrected chi connectivity index (χ2v) is 4.94. The van der Waals surface area contributed by atoms with Crippen LogP contribution in [0.25, 0.3) is 5.82 Å². The molecular formula is C13H17ClN4. The molecule has 0 aromatic carbocycles. The summed E-state index contributed by atoms with van der Waals surface area (Å²) < 4.78 is 1.70. The fourth-order valence-electron chi connectivity index (χ4n) is 1.56. The lowest BCUT2D eigenvalue weighted by atomic mass is 10.3. The molecule has 2 heterocycles. The number of aromatic nitrogens is 3. The first-order valence-corrected chi connectivity index (χ1v) is 6.35. The quantitative estimate of drug-likeness (QED) is 0.923. The summed E-state index contributed by atoms with van der Waals surface area (Å²) in [5.41, 5.74) is 1.80. The summed E-state index contributed by atoms with van der Waals surface area (Å²) in [5.74, 6) is 0.785. The highest BCUT2D eigenvalue weighted by molar-refractivity contribution is 6.31. The Labute approximate surface area is 112 Å². The van der Waals surface area contributed by atoms with E-state index in [0.29, 0.717) is 11.1 Å². The van der Waals surface area contributed by atoms with E-state index in [1.807, 2.05) is 25.1 Å². The van der Waals surface area contributed by atoms with Gasteiger partial charge in [0, 0.05) is 12.6 Å². The van der Waals surface area contributed by atoms with E-state index >= 15 is 0 Å². The molecule has 2 rings (SSSR count). The van der Waals surface area contributed by atoms with Crippen LogP contribution in [0, 0.1) is 6.92 Å². The molecule has 0 radical (unpaired) electrons. The van der Waals surface area contributed by atoms with E-state index < -0.39 is 0 Å². The van der Waals surface area contributed by atoms with Crippen molar-refractivity contribution in [3.05, 3.63) is 40.8 Å². The monoisotopic (exact) mass is 264 g/mol. The Morgan fingerprint density at radius 3 is 2.78 bits per heavy atom. The summed E-state index contributed by atoms with van der Waals surface area (Å²) in [6.45, 7) is 6.85. The molecule has 0 bridgehead atoms. The standard InChI is InChI=1S/C13H17ClN4/c1-9(2)15-7-11-5-4-6-13(16-11)18-8-12(14)10(3)17-18/h4-6,8-9,15H,7H2,1-3H3. The first-order chi connectivity index (χ1) is 8.56. The largest absolute Gasteiger partial charge is 0.309 e. The Balaban J connectivity index is 2.21. The minimum absolute atomic E-state index is 0.442. The van der Waals surface area contributed by atoms with Crippen molar-refractivity contribution >= 4 is 11.6 Å². The highest BCUT2D eigenvalue weighted by Gasteiger charge is 2.05. The van der Waals surface area contributed by atoms with Gasteiger partial charge in [0.1, 0.15) is 0 Å². The zero-order chi connectivity index (χ0) is 13.1. The van der Waals surface area contributed by atoms with Crippen molar-refractivity contribution in [1.29, 1.82) is 0 Å². The Morgan fingerprint density at radius 1 is 1.39 bits per heavy atom. The predicted molar refractivity (Wildman–Crippen MR) is 73.1 cm³/mol. The van der Waals surface area contributed by atoms with Crippen molar-refractivity contribution in [3.8, 4) is 5.82 Å². The van der Waals surface area contributed by atoms with Gasteiger partial charge in [0.25, 0.3) is 0 Å². The second-order valence-electron chi connectivity index (χ2n) is 4.53. The normalized spacial score (nSPS) is 11.2. The third kappa shape index (κ3) is 3.09. The summed E-state index contributed by atoms with van der Waals surface area (Å²) in [6.07, 6.45) is 1.78. The Kier molecular flexibility index (Phi) is 3.99. The molecule has 0 spiro atoms. The predicted octanol–water partition coefficient (Wildman–Crippen LogP) is 2.73. The fourth-order valence-corrected chi connectivity index (χ4v) is 1.69. The second kappa shape index (κ2) is 5.50. The van der Waals surface area contributed by atoms with Gasteiger partial charge in [0.15, 0.2) is 5.82 Å². The van der Waals surface area contributed by atoms with E-state index in [2.05, 4.69) is 29.2 Å². The Hall–Kier alpha value is -1.39. The fraction of sp³-hybridized carbons (Fsp3) is 0.385. The molecule has 0 atom stereocenters. The minimum Gasteiger partial charge on any atom is -0.309 e. The van der Waals surface area contributed by atoms with Crippen LogP contribution in [-0.2, 0) is 6.54 Å². The molecule has 0 aliphatic heterocycles. The molecule has 96 valence electrons. The van der Waals surface area contributed by atoms with E-state index in [-0.39, 0.29) is 0 Å². The summed E-state index contributed by atoms with van der Waals surface area (Å²) in [5, 5.41) is 8.31. The van der Waals surface area contributed by atoms with Crippen molar-refractivity contribution < 1.29 is 0 Å². The number of aryl methyl sites for hydroxylation is 1. The molecule has 1 N–H and O–H groups in total. The number of hydrogen-bond acceptors (Lipinski definition) is 3. The molecule has 0 amide bonds. The van der Waals surface area contributed by atoms with Gasteiger partial charge in [0.2, 0.25) is 0 Å². The molecule has 0 aliphatic rings. The molecule has 2 aromatic rings. The third-order valence-electron chi connectivity index (χ3n) is 2.56. The number of pyridine rings is 1. The average Bonchev–Trinajstić information content (AvgIpc) is 2.68. The zero-order valence-electron chi connectivity index (χ0n) is 10.8. The lowest BCUT2D eigenvalue weighted by Gasteiger charge is -2.08. The number of hydrogen-bond donors (Lipinski definition) is 1. The van der Waals surface area contributed by atoms with Crippen LogP contribution in [0.1, 0.15) is 25.2 Å². The maximum Gasteiger partial charge on any atom is 0.153 e. The van der Waals surface area contributed by atoms with E-state index in [4.69, 9.17) is 11.6 Å². The van der Waals surface area contributed by atoms with Crippen molar-refractivity contribution in [1.82, 2.24) is 20.1 Å². The van der Waals surface area contributed by atoms with Gasteiger partial charge in [-0.3, -0.25) is 0 Å². The molecule has 0 saturated carbocycles. The number of halogens is 1. The Bertz CT molecular complexity index is 514. The van der Waals surface area contributed by atoms with Gasteiger partial charge < -0.3 is 5.32 Å². The molecule has 0 fully saturated rings. The molecular weight excluding hydrogens is 248 g/mol. The van der Waals surface area contributed by atoms with Crippen LogP contribution in [0.15, 0.2) is 24.4 Å². The van der Waals surface area contributed by atoms with Gasteiger partial charge in [-0.05, 0) is 19.1 Å². The lowest BCUT2D eigenvalue weighted by Crippen LogP contribution is -2.22.